The van der Waals surface area contributed by atoms with Crippen molar-refractivity contribution in [3.8, 4) is 0 Å². The number of benzene rings is 1. The highest BCUT2D eigenvalue weighted by molar-refractivity contribution is 7.85. The molecule has 3 aromatic rings. The molecule has 0 amide bonds. The molecule has 8 bridgehead atoms. The third kappa shape index (κ3) is 3.83. The number of aromatic amines is 2. The second-order valence-electron chi connectivity index (χ2n) is 8.63. The maximum atomic E-state index is 11.6. The highest BCUT2D eigenvalue weighted by Gasteiger charge is 2.53. The largest absolute Gasteiger partial charge is 0.357 e. The summed E-state index contributed by atoms with van der Waals surface area (Å²) in [6.45, 7) is 0. The lowest BCUT2D eigenvalue weighted by Gasteiger charge is -2.36. The molecule has 5 heterocycles. The molecule has 0 fully saturated rings. The maximum Gasteiger partial charge on any atom is 0.294 e. The van der Waals surface area contributed by atoms with Gasteiger partial charge in [-0.3, -0.25) is 9.55 Å². The van der Waals surface area contributed by atoms with Crippen molar-refractivity contribution in [1.29, 1.82) is 0 Å². The summed E-state index contributed by atoms with van der Waals surface area (Å²) in [5, 5.41) is 1.72. The molecule has 36 heavy (non-hydrogen) atoms. The van der Waals surface area contributed by atoms with E-state index in [-0.39, 0.29) is 4.90 Å². The Morgan fingerprint density at radius 3 is 2.25 bits per heavy atom. The minimum atomic E-state index is -4.37. The molecule has 10 heteroatoms. The minimum absolute atomic E-state index is 0.249. The number of nitrogens with zero attached hydrogens (tertiary/aromatic N) is 2. The standard InChI is InChI=1S/C26H18Cl2N4O3S/c27-25-12-11-22(32-25)15-20-6-5-18(30-20)13-17-3-4-19(29-17)14-21-7-10-24(31-21)26(25,28)16-1-8-23(9-2-16)36(33,34)35/h1-15,30-31H,(H,33,34,35). The molecule has 0 radical (unpaired) electrons. The number of halogens is 2. The monoisotopic (exact) mass is 536 g/mol. The van der Waals surface area contributed by atoms with Crippen molar-refractivity contribution in [2.75, 3.05) is 0 Å². The lowest BCUT2D eigenvalue weighted by Crippen LogP contribution is -2.41. The topological polar surface area (TPSA) is 111 Å². The predicted octanol–water partition coefficient (Wildman–Crippen LogP) is 3.64. The Labute approximate surface area is 216 Å². The number of H-pyrrole nitrogens is 2. The van der Waals surface area contributed by atoms with Gasteiger partial charge in [-0.2, -0.15) is 8.42 Å². The fourth-order valence-corrected chi connectivity index (χ4v) is 5.66. The Kier molecular flexibility index (Phi) is 5.14. The third-order valence-corrected chi connectivity index (χ3v) is 8.37. The minimum Gasteiger partial charge on any atom is -0.357 e. The van der Waals surface area contributed by atoms with Gasteiger partial charge in [-0.15, -0.1) is 11.6 Å². The zero-order valence-corrected chi connectivity index (χ0v) is 20.8. The van der Waals surface area contributed by atoms with E-state index in [0.717, 1.165) is 27.8 Å². The number of alkyl halides is 2. The Morgan fingerprint density at radius 2 is 1.53 bits per heavy atom. The quantitative estimate of drug-likeness (QED) is 0.264. The van der Waals surface area contributed by atoms with Gasteiger partial charge < -0.3 is 9.97 Å². The summed E-state index contributed by atoms with van der Waals surface area (Å²) < 4.78 is 32.6. The summed E-state index contributed by atoms with van der Waals surface area (Å²) in [5.41, 5.74) is 3.98. The molecule has 3 aliphatic heterocycles. The number of aliphatic imine (C=N–C) groups is 2. The van der Waals surface area contributed by atoms with E-state index in [1.165, 1.54) is 24.3 Å². The average Bonchev–Trinajstić information content (AvgIpc) is 3.63. The smallest absolute Gasteiger partial charge is 0.294 e. The molecule has 2 aromatic heterocycles. The van der Waals surface area contributed by atoms with Crippen LogP contribution in [0.5, 0.6) is 0 Å². The number of hydrogen-bond acceptors (Lipinski definition) is 4. The molecule has 3 N–H and O–H groups in total. The Bertz CT molecular complexity index is 1790. The molecule has 0 spiro atoms. The summed E-state index contributed by atoms with van der Waals surface area (Å²) in [5.74, 6) is 0. The van der Waals surface area contributed by atoms with Crippen LogP contribution < -0.4 is 10.7 Å². The molecule has 0 saturated heterocycles. The van der Waals surface area contributed by atoms with Crippen molar-refractivity contribution in [2.24, 2.45) is 9.98 Å². The fraction of sp³-hybridized carbons (Fsp3) is 0.0769. The lowest BCUT2D eigenvalue weighted by atomic mass is 9.87. The van der Waals surface area contributed by atoms with Crippen molar-refractivity contribution in [3.05, 3.63) is 106 Å². The van der Waals surface area contributed by atoms with Crippen molar-refractivity contribution < 1.29 is 13.0 Å². The van der Waals surface area contributed by atoms with E-state index in [2.05, 4.69) is 15.0 Å². The highest BCUT2D eigenvalue weighted by atomic mass is 35.5. The van der Waals surface area contributed by atoms with E-state index in [0.29, 0.717) is 17.0 Å². The van der Waals surface area contributed by atoms with E-state index in [9.17, 15) is 13.0 Å². The van der Waals surface area contributed by atoms with Gasteiger partial charge in [0.25, 0.3) is 10.1 Å². The lowest BCUT2D eigenvalue weighted by molar-refractivity contribution is 0.483. The molecule has 0 saturated carbocycles. The molecule has 1 aromatic carbocycles. The first kappa shape index (κ1) is 23.0. The number of fused-ring (bicyclic) bond motifs is 6. The van der Waals surface area contributed by atoms with Crippen LogP contribution in [0.15, 0.2) is 93.4 Å². The molecule has 6 rings (SSSR count). The van der Waals surface area contributed by atoms with Crippen molar-refractivity contribution >= 4 is 63.0 Å². The zero-order valence-electron chi connectivity index (χ0n) is 18.5. The molecule has 2 unspecified atom stereocenters. The van der Waals surface area contributed by atoms with E-state index < -0.39 is 20.0 Å². The van der Waals surface area contributed by atoms with Gasteiger partial charge in [0, 0.05) is 22.1 Å². The Balaban J connectivity index is 1.59. The summed E-state index contributed by atoms with van der Waals surface area (Å²) in [7, 11) is -4.37. The van der Waals surface area contributed by atoms with Crippen molar-refractivity contribution in [3.63, 3.8) is 0 Å². The van der Waals surface area contributed by atoms with Gasteiger partial charge in [-0.25, -0.2) is 4.99 Å². The first-order valence-electron chi connectivity index (χ1n) is 10.9. The Hall–Kier alpha value is -3.43. The van der Waals surface area contributed by atoms with Crippen LogP contribution in [0.3, 0.4) is 0 Å². The highest BCUT2D eigenvalue weighted by Crippen LogP contribution is 2.52. The van der Waals surface area contributed by atoms with Gasteiger partial charge in [0.2, 0.25) is 0 Å². The van der Waals surface area contributed by atoms with Crippen LogP contribution in [0.2, 0.25) is 0 Å². The van der Waals surface area contributed by atoms with Gasteiger partial charge >= 0.3 is 0 Å². The number of hydrogen-bond donors (Lipinski definition) is 3. The number of nitrogens with one attached hydrogen (secondary N) is 2. The SMILES string of the molecule is O=S(=O)(O)c1ccc(C2(Cl)c3ccc([nH]3)C=C3C=CC(=N3)C=c3ccc([nH]3)=CC3=NC2(Cl)C=C3)cc1. The second-order valence-corrected chi connectivity index (χ2v) is 11.2. The molecule has 0 aliphatic carbocycles. The number of rotatable bonds is 2. The second kappa shape index (κ2) is 8.04. The summed E-state index contributed by atoms with van der Waals surface area (Å²) >= 11 is 14.5. The van der Waals surface area contributed by atoms with Crippen molar-refractivity contribution in [2.45, 2.75) is 14.8 Å². The van der Waals surface area contributed by atoms with Crippen LogP contribution in [0.4, 0.5) is 0 Å². The first-order chi connectivity index (χ1) is 17.1. The number of allylic oxidation sites excluding steroid dienone is 3. The average molecular weight is 537 g/mol. The molecular formula is C26H18Cl2N4O3S. The van der Waals surface area contributed by atoms with Gasteiger partial charge in [-0.05, 0) is 84.5 Å². The first-order valence-corrected chi connectivity index (χ1v) is 13.1. The summed E-state index contributed by atoms with van der Waals surface area (Å²) in [6, 6.07) is 13.2. The van der Waals surface area contributed by atoms with Crippen LogP contribution >= 0.6 is 23.2 Å². The zero-order chi connectivity index (χ0) is 25.1. The summed E-state index contributed by atoms with van der Waals surface area (Å²) in [4.78, 5) is 12.9. The van der Waals surface area contributed by atoms with E-state index in [1.807, 2.05) is 54.6 Å². The molecular weight excluding hydrogens is 519 g/mol. The predicted molar refractivity (Wildman–Crippen MR) is 142 cm³/mol. The summed E-state index contributed by atoms with van der Waals surface area (Å²) in [6.07, 6.45) is 13.1. The van der Waals surface area contributed by atoms with Gasteiger partial charge in [0.1, 0.15) is 0 Å². The maximum absolute atomic E-state index is 11.6. The van der Waals surface area contributed by atoms with Gasteiger partial charge in [-0.1, -0.05) is 23.7 Å². The van der Waals surface area contributed by atoms with Crippen LogP contribution in [-0.4, -0.2) is 39.4 Å². The normalized spacial score (nSPS) is 24.6. The number of aromatic nitrogens is 2. The van der Waals surface area contributed by atoms with Gasteiger partial charge in [0.05, 0.1) is 22.0 Å². The van der Waals surface area contributed by atoms with E-state index in [1.54, 1.807) is 12.2 Å². The molecule has 180 valence electrons. The van der Waals surface area contributed by atoms with Crippen LogP contribution in [0, 0.1) is 0 Å². The third-order valence-electron chi connectivity index (χ3n) is 6.20. The van der Waals surface area contributed by atoms with Crippen LogP contribution in [0.25, 0.3) is 18.2 Å². The molecule has 7 nitrogen and oxygen atoms in total. The van der Waals surface area contributed by atoms with Crippen LogP contribution in [0.1, 0.15) is 17.0 Å². The Morgan fingerprint density at radius 1 is 0.806 bits per heavy atom. The van der Waals surface area contributed by atoms with Crippen LogP contribution in [-0.2, 0) is 15.0 Å². The van der Waals surface area contributed by atoms with E-state index in [4.69, 9.17) is 28.2 Å². The van der Waals surface area contributed by atoms with Crippen molar-refractivity contribution in [1.82, 2.24) is 9.97 Å². The van der Waals surface area contributed by atoms with Gasteiger partial charge in [0.15, 0.2) is 9.87 Å². The molecule has 2 atom stereocenters. The fourth-order valence-electron chi connectivity index (χ4n) is 4.46. The van der Waals surface area contributed by atoms with E-state index >= 15 is 0 Å². The molecule has 3 aliphatic rings.